The molecule has 0 radical (unpaired) electrons. The van der Waals surface area contributed by atoms with E-state index in [1.54, 1.807) is 24.0 Å². The number of hydrogen-bond donors (Lipinski definition) is 1. The summed E-state index contributed by atoms with van der Waals surface area (Å²) in [6.07, 6.45) is 3.28. The van der Waals surface area contributed by atoms with E-state index in [2.05, 4.69) is 33.1 Å². The Bertz CT molecular complexity index is 1410. The molecule has 206 valence electrons. The van der Waals surface area contributed by atoms with Crippen LogP contribution >= 0.6 is 11.8 Å². The predicted octanol–water partition coefficient (Wildman–Crippen LogP) is 5.16. The van der Waals surface area contributed by atoms with Crippen molar-refractivity contribution in [3.8, 4) is 0 Å². The Hall–Kier alpha value is -3.98. The van der Waals surface area contributed by atoms with Crippen LogP contribution in [0.25, 0.3) is 0 Å². The van der Waals surface area contributed by atoms with Gasteiger partial charge in [-0.3, -0.25) is 9.78 Å². The van der Waals surface area contributed by atoms with Gasteiger partial charge in [0.05, 0.1) is 5.69 Å². The minimum Gasteiger partial charge on any atom is -0.366 e. The Kier molecular flexibility index (Phi) is 9.23. The lowest BCUT2D eigenvalue weighted by molar-refractivity contribution is 0.0954. The average molecular weight is 557 g/mol. The van der Waals surface area contributed by atoms with Gasteiger partial charge in [0, 0.05) is 74.1 Å². The molecule has 4 aromatic rings. The highest BCUT2D eigenvalue weighted by molar-refractivity contribution is 7.98. The Balaban J connectivity index is 1.15. The van der Waals surface area contributed by atoms with Crippen LogP contribution in [-0.2, 0) is 18.6 Å². The number of thioether (sulfide) groups is 1. The first-order valence-electron chi connectivity index (χ1n) is 13.6. The number of halogens is 1. The van der Waals surface area contributed by atoms with Crippen molar-refractivity contribution in [3.05, 3.63) is 107 Å². The average Bonchev–Trinajstić information content (AvgIpc) is 3.01. The summed E-state index contributed by atoms with van der Waals surface area (Å²) in [6.45, 7) is 5.64. The molecule has 7 nitrogen and oxygen atoms in total. The molecular formula is C31H33FN6OS. The van der Waals surface area contributed by atoms with E-state index in [4.69, 9.17) is 9.97 Å². The fraction of sp³-hybridized carbons (Fsp3) is 0.290. The zero-order chi connectivity index (χ0) is 27.7. The molecule has 1 N–H and O–H groups in total. The van der Waals surface area contributed by atoms with Gasteiger partial charge in [0.2, 0.25) is 0 Å². The first-order chi connectivity index (χ1) is 19.6. The number of nitrogens with one attached hydrogen (secondary N) is 1. The van der Waals surface area contributed by atoms with Gasteiger partial charge in [0.15, 0.2) is 5.16 Å². The summed E-state index contributed by atoms with van der Waals surface area (Å²) in [5.41, 5.74) is 4.35. The van der Waals surface area contributed by atoms with E-state index in [0.29, 0.717) is 30.0 Å². The van der Waals surface area contributed by atoms with Gasteiger partial charge in [-0.2, -0.15) is 0 Å². The van der Waals surface area contributed by atoms with Crippen molar-refractivity contribution in [2.45, 2.75) is 30.7 Å². The number of piperazine rings is 1. The standard InChI is InChI=1S/C31H33FN6OS/c1-2-25-21-29(38-19-17-37(18-20-38)28-9-4-3-8-27(28)32)36-31(35-25)40-22-23-10-12-24(13-11-23)30(39)34-16-14-26-7-5-6-15-33-26/h3-13,15,21H,2,14,16-20,22H2,1H3,(H,34,39). The number of anilines is 2. The topological polar surface area (TPSA) is 74.2 Å². The van der Waals surface area contributed by atoms with E-state index in [1.165, 1.54) is 6.07 Å². The summed E-state index contributed by atoms with van der Waals surface area (Å²) in [5.74, 6) is 1.35. The second kappa shape index (κ2) is 13.4. The number of pyridine rings is 1. The lowest BCUT2D eigenvalue weighted by Gasteiger charge is -2.37. The fourth-order valence-corrected chi connectivity index (χ4v) is 5.43. The van der Waals surface area contributed by atoms with Gasteiger partial charge in [0.1, 0.15) is 11.6 Å². The van der Waals surface area contributed by atoms with Gasteiger partial charge >= 0.3 is 0 Å². The number of carbonyl (C=O) groups is 1. The quantitative estimate of drug-likeness (QED) is 0.214. The molecule has 2 aromatic carbocycles. The summed E-state index contributed by atoms with van der Waals surface area (Å²) >= 11 is 1.59. The van der Waals surface area contributed by atoms with Crippen molar-refractivity contribution in [1.29, 1.82) is 0 Å². The number of hydrogen-bond acceptors (Lipinski definition) is 7. The molecule has 2 aromatic heterocycles. The van der Waals surface area contributed by atoms with Crippen LogP contribution in [0, 0.1) is 5.82 Å². The highest BCUT2D eigenvalue weighted by atomic mass is 32.2. The fourth-order valence-electron chi connectivity index (χ4n) is 4.60. The molecule has 1 fully saturated rings. The van der Waals surface area contributed by atoms with Gasteiger partial charge in [-0.15, -0.1) is 0 Å². The summed E-state index contributed by atoms with van der Waals surface area (Å²) in [6, 6.07) is 22.5. The summed E-state index contributed by atoms with van der Waals surface area (Å²) in [4.78, 5) is 30.7. The molecule has 3 heterocycles. The van der Waals surface area contributed by atoms with Gasteiger partial charge in [-0.05, 0) is 48.4 Å². The molecule has 1 aliphatic heterocycles. The molecule has 0 saturated carbocycles. The minimum atomic E-state index is -0.181. The zero-order valence-corrected chi connectivity index (χ0v) is 23.4. The normalized spacial score (nSPS) is 13.3. The Labute approximate surface area is 238 Å². The number of benzene rings is 2. The molecule has 0 unspecified atom stereocenters. The smallest absolute Gasteiger partial charge is 0.251 e. The van der Waals surface area contributed by atoms with E-state index >= 15 is 0 Å². The number of rotatable bonds is 10. The first kappa shape index (κ1) is 27.6. The van der Waals surface area contributed by atoms with Crippen molar-refractivity contribution in [2.24, 2.45) is 0 Å². The van der Waals surface area contributed by atoms with Crippen LogP contribution in [0.5, 0.6) is 0 Å². The van der Waals surface area contributed by atoms with Crippen LogP contribution in [0.15, 0.2) is 84.1 Å². The molecule has 0 bridgehead atoms. The van der Waals surface area contributed by atoms with E-state index < -0.39 is 0 Å². The zero-order valence-electron chi connectivity index (χ0n) is 22.6. The Morgan fingerprint density at radius 3 is 2.40 bits per heavy atom. The van der Waals surface area contributed by atoms with Gasteiger partial charge < -0.3 is 15.1 Å². The van der Waals surface area contributed by atoms with Crippen LogP contribution in [0.3, 0.4) is 0 Å². The third-order valence-corrected chi connectivity index (χ3v) is 7.80. The van der Waals surface area contributed by atoms with Crippen LogP contribution in [-0.4, -0.2) is 53.6 Å². The molecule has 9 heteroatoms. The molecule has 40 heavy (non-hydrogen) atoms. The number of aryl methyl sites for hydroxylation is 1. The maximum atomic E-state index is 14.2. The number of para-hydroxylation sites is 1. The number of aromatic nitrogens is 3. The van der Waals surface area contributed by atoms with E-state index in [0.717, 1.165) is 60.5 Å². The highest BCUT2D eigenvalue weighted by Crippen LogP contribution is 2.26. The molecule has 0 spiro atoms. The van der Waals surface area contributed by atoms with Gasteiger partial charge in [0.25, 0.3) is 5.91 Å². The molecule has 1 aliphatic rings. The molecule has 0 aliphatic carbocycles. The lowest BCUT2D eigenvalue weighted by atomic mass is 10.1. The van der Waals surface area contributed by atoms with Crippen molar-refractivity contribution in [2.75, 3.05) is 42.5 Å². The maximum absolute atomic E-state index is 14.2. The summed E-state index contributed by atoms with van der Waals surface area (Å²) in [7, 11) is 0. The van der Waals surface area contributed by atoms with E-state index in [1.807, 2.05) is 54.6 Å². The molecule has 0 atom stereocenters. The largest absolute Gasteiger partial charge is 0.366 e. The molecular weight excluding hydrogens is 523 g/mol. The first-order valence-corrected chi connectivity index (χ1v) is 14.6. The van der Waals surface area contributed by atoms with Gasteiger partial charge in [-0.25, -0.2) is 14.4 Å². The minimum absolute atomic E-state index is 0.0890. The number of nitrogens with zero attached hydrogens (tertiary/aromatic N) is 5. The maximum Gasteiger partial charge on any atom is 0.251 e. The Morgan fingerprint density at radius 2 is 1.68 bits per heavy atom. The Morgan fingerprint density at radius 1 is 0.925 bits per heavy atom. The van der Waals surface area contributed by atoms with Crippen molar-refractivity contribution >= 4 is 29.2 Å². The SMILES string of the molecule is CCc1cc(N2CCN(c3ccccc3F)CC2)nc(SCc2ccc(C(=O)NCCc3ccccn3)cc2)n1. The number of carbonyl (C=O) groups excluding carboxylic acids is 1. The van der Waals surface area contributed by atoms with E-state index in [-0.39, 0.29) is 11.7 Å². The van der Waals surface area contributed by atoms with Crippen LogP contribution in [0.2, 0.25) is 0 Å². The van der Waals surface area contributed by atoms with Crippen molar-refractivity contribution in [3.63, 3.8) is 0 Å². The molecule has 1 amide bonds. The van der Waals surface area contributed by atoms with Crippen molar-refractivity contribution < 1.29 is 9.18 Å². The second-order valence-corrected chi connectivity index (χ2v) is 10.5. The molecule has 1 saturated heterocycles. The third kappa shape index (κ3) is 7.15. The summed E-state index contributed by atoms with van der Waals surface area (Å²) in [5, 5.41) is 3.70. The van der Waals surface area contributed by atoms with Crippen molar-refractivity contribution in [1.82, 2.24) is 20.3 Å². The number of amides is 1. The van der Waals surface area contributed by atoms with Crippen LogP contribution in [0.4, 0.5) is 15.9 Å². The lowest BCUT2D eigenvalue weighted by Crippen LogP contribution is -2.47. The third-order valence-electron chi connectivity index (χ3n) is 6.88. The second-order valence-electron chi connectivity index (χ2n) is 9.59. The van der Waals surface area contributed by atoms with Crippen LogP contribution in [0.1, 0.15) is 34.2 Å². The monoisotopic (exact) mass is 556 g/mol. The highest BCUT2D eigenvalue weighted by Gasteiger charge is 2.21. The van der Waals surface area contributed by atoms with E-state index in [9.17, 15) is 9.18 Å². The summed E-state index contributed by atoms with van der Waals surface area (Å²) < 4.78 is 14.2. The van der Waals surface area contributed by atoms with Crippen LogP contribution < -0.4 is 15.1 Å². The predicted molar refractivity (Wildman–Crippen MR) is 159 cm³/mol. The molecule has 5 rings (SSSR count). The van der Waals surface area contributed by atoms with Gasteiger partial charge in [-0.1, -0.05) is 49.0 Å².